The minimum absolute atomic E-state index is 0.0169. The molecule has 2 aromatic rings. The van der Waals surface area contributed by atoms with Crippen LogP contribution in [0.4, 0.5) is 11.4 Å². The summed E-state index contributed by atoms with van der Waals surface area (Å²) < 4.78 is 5.19. The molecule has 0 bridgehead atoms. The smallest absolute Gasteiger partial charge is 0.273 e. The van der Waals surface area contributed by atoms with Crippen molar-refractivity contribution < 1.29 is 9.66 Å². The Morgan fingerprint density at radius 2 is 2.00 bits per heavy atom. The fraction of sp³-hybridized carbons (Fsp3) is 0.200. The summed E-state index contributed by atoms with van der Waals surface area (Å²) in [7, 11) is 1.50. The first kappa shape index (κ1) is 13.9. The van der Waals surface area contributed by atoms with Gasteiger partial charge in [-0.3, -0.25) is 10.1 Å². The van der Waals surface area contributed by atoms with Gasteiger partial charge in [-0.15, -0.1) is 0 Å². The molecule has 0 atom stereocenters. The monoisotopic (exact) mass is 272 g/mol. The number of anilines is 1. The molecule has 0 aliphatic carbocycles. The van der Waals surface area contributed by atoms with E-state index in [0.29, 0.717) is 12.3 Å². The topological polar surface area (TPSA) is 64.4 Å². The lowest BCUT2D eigenvalue weighted by Gasteiger charge is -2.12. The molecule has 2 aromatic carbocycles. The van der Waals surface area contributed by atoms with Gasteiger partial charge in [0.15, 0.2) is 0 Å². The molecule has 5 nitrogen and oxygen atoms in total. The van der Waals surface area contributed by atoms with Crippen LogP contribution < -0.4 is 10.1 Å². The first-order chi connectivity index (χ1) is 9.61. The molecule has 2 rings (SSSR count). The number of rotatable bonds is 5. The first-order valence-corrected chi connectivity index (χ1v) is 6.22. The largest absolute Gasteiger partial charge is 0.494 e. The summed E-state index contributed by atoms with van der Waals surface area (Å²) in [5.41, 5.74) is 3.12. The molecule has 0 radical (unpaired) electrons. The van der Waals surface area contributed by atoms with Crippen molar-refractivity contribution in [2.45, 2.75) is 13.5 Å². The molecule has 5 heteroatoms. The summed E-state index contributed by atoms with van der Waals surface area (Å²) in [6, 6.07) is 12.6. The summed E-state index contributed by atoms with van der Waals surface area (Å²) in [4.78, 5) is 10.3. The lowest BCUT2D eigenvalue weighted by atomic mass is 10.1. The zero-order valence-electron chi connectivity index (χ0n) is 11.4. The second-order valence-electron chi connectivity index (χ2n) is 4.42. The lowest BCUT2D eigenvalue weighted by molar-refractivity contribution is -0.384. The number of non-ortho nitro benzene ring substituents is 1. The number of hydrogen-bond donors (Lipinski definition) is 1. The molecule has 0 unspecified atom stereocenters. The van der Waals surface area contributed by atoms with Gasteiger partial charge in [-0.05, 0) is 24.1 Å². The highest BCUT2D eigenvalue weighted by atomic mass is 16.6. The van der Waals surface area contributed by atoms with E-state index in [0.717, 1.165) is 5.69 Å². The van der Waals surface area contributed by atoms with E-state index in [1.165, 1.54) is 30.4 Å². The minimum atomic E-state index is -0.437. The minimum Gasteiger partial charge on any atom is -0.494 e. The van der Waals surface area contributed by atoms with Crippen molar-refractivity contribution in [2.24, 2.45) is 0 Å². The molecule has 0 heterocycles. The molecular weight excluding hydrogens is 256 g/mol. The van der Waals surface area contributed by atoms with Gasteiger partial charge in [0.1, 0.15) is 5.75 Å². The van der Waals surface area contributed by atoms with Crippen molar-refractivity contribution in [2.75, 3.05) is 12.4 Å². The molecule has 0 spiro atoms. The second kappa shape index (κ2) is 6.06. The zero-order chi connectivity index (χ0) is 14.5. The Balaban J connectivity index is 2.17. The number of methoxy groups -OCH3 is 1. The van der Waals surface area contributed by atoms with Crippen molar-refractivity contribution >= 4 is 11.4 Å². The van der Waals surface area contributed by atoms with Crippen LogP contribution in [0.2, 0.25) is 0 Å². The average molecular weight is 272 g/mol. The number of hydrogen-bond acceptors (Lipinski definition) is 4. The van der Waals surface area contributed by atoms with Gasteiger partial charge in [0.05, 0.1) is 23.8 Å². The highest BCUT2D eigenvalue weighted by Gasteiger charge is 2.11. The van der Waals surface area contributed by atoms with E-state index in [4.69, 9.17) is 4.74 Å². The van der Waals surface area contributed by atoms with Crippen LogP contribution in [0.15, 0.2) is 42.5 Å². The van der Waals surface area contributed by atoms with Crippen LogP contribution in [0.25, 0.3) is 0 Å². The third-order valence-corrected chi connectivity index (χ3v) is 3.13. The van der Waals surface area contributed by atoms with Crippen molar-refractivity contribution in [1.29, 1.82) is 0 Å². The van der Waals surface area contributed by atoms with Gasteiger partial charge in [0.2, 0.25) is 0 Å². The number of benzene rings is 2. The number of aryl methyl sites for hydroxylation is 1. The third-order valence-electron chi connectivity index (χ3n) is 3.13. The van der Waals surface area contributed by atoms with Gasteiger partial charge in [-0.2, -0.15) is 0 Å². The molecule has 0 aromatic heterocycles. The fourth-order valence-electron chi connectivity index (χ4n) is 1.94. The summed E-state index contributed by atoms with van der Waals surface area (Å²) in [6.07, 6.45) is 0. The summed E-state index contributed by atoms with van der Waals surface area (Å²) >= 11 is 0. The number of nitro groups is 1. The second-order valence-corrected chi connectivity index (χ2v) is 4.42. The number of nitrogens with zero attached hydrogens (tertiary/aromatic N) is 1. The van der Waals surface area contributed by atoms with Crippen LogP contribution in [0.3, 0.4) is 0 Å². The Bertz CT molecular complexity index is 626. The predicted octanol–water partition coefficient (Wildman–Crippen LogP) is 3.52. The van der Waals surface area contributed by atoms with Crippen molar-refractivity contribution in [3.05, 3.63) is 63.7 Å². The van der Waals surface area contributed by atoms with Gasteiger partial charge in [-0.25, -0.2) is 0 Å². The Labute approximate surface area is 117 Å². The van der Waals surface area contributed by atoms with E-state index in [1.54, 1.807) is 6.07 Å². The maximum absolute atomic E-state index is 10.7. The predicted molar refractivity (Wildman–Crippen MR) is 78.2 cm³/mol. The molecule has 0 saturated carbocycles. The summed E-state index contributed by atoms with van der Waals surface area (Å²) in [6.45, 7) is 2.69. The molecule has 0 fully saturated rings. The number of nitro benzene ring substituents is 1. The normalized spacial score (nSPS) is 10.1. The van der Waals surface area contributed by atoms with E-state index < -0.39 is 4.92 Å². The molecule has 20 heavy (non-hydrogen) atoms. The van der Waals surface area contributed by atoms with Crippen molar-refractivity contribution in [1.82, 2.24) is 0 Å². The first-order valence-electron chi connectivity index (χ1n) is 6.22. The quantitative estimate of drug-likeness (QED) is 0.668. The van der Waals surface area contributed by atoms with Crippen LogP contribution in [0.1, 0.15) is 11.1 Å². The maximum Gasteiger partial charge on any atom is 0.273 e. The van der Waals surface area contributed by atoms with E-state index in [2.05, 4.69) is 5.32 Å². The molecular formula is C15H16N2O3. The van der Waals surface area contributed by atoms with Gasteiger partial charge < -0.3 is 10.1 Å². The van der Waals surface area contributed by atoms with Crippen molar-refractivity contribution in [3.63, 3.8) is 0 Å². The van der Waals surface area contributed by atoms with Gasteiger partial charge in [-0.1, -0.05) is 24.3 Å². The molecule has 0 aliphatic heterocycles. The molecule has 104 valence electrons. The SMILES string of the molecule is COc1cc([N+](=O)[O-])ccc1NCc1ccccc1C. The summed E-state index contributed by atoms with van der Waals surface area (Å²) in [5, 5.41) is 14.0. The number of ether oxygens (including phenoxy) is 1. The van der Waals surface area contributed by atoms with E-state index in [9.17, 15) is 10.1 Å². The lowest BCUT2D eigenvalue weighted by Crippen LogP contribution is -2.03. The third kappa shape index (κ3) is 3.06. The van der Waals surface area contributed by atoms with E-state index >= 15 is 0 Å². The molecule has 0 saturated heterocycles. The standard InChI is InChI=1S/C15H16N2O3/c1-11-5-3-4-6-12(11)10-16-14-8-7-13(17(18)19)9-15(14)20-2/h3-9,16H,10H2,1-2H3. The molecule has 0 amide bonds. The van der Waals surface area contributed by atoms with Crippen LogP contribution in [-0.2, 0) is 6.54 Å². The van der Waals surface area contributed by atoms with Gasteiger partial charge in [0, 0.05) is 12.6 Å². The van der Waals surface area contributed by atoms with Crippen LogP contribution in [0, 0.1) is 17.0 Å². The Hall–Kier alpha value is -2.56. The van der Waals surface area contributed by atoms with E-state index in [1.807, 2.05) is 31.2 Å². The Morgan fingerprint density at radius 1 is 1.25 bits per heavy atom. The Morgan fingerprint density at radius 3 is 2.65 bits per heavy atom. The fourth-order valence-corrected chi connectivity index (χ4v) is 1.94. The van der Waals surface area contributed by atoms with E-state index in [-0.39, 0.29) is 5.69 Å². The van der Waals surface area contributed by atoms with Gasteiger partial charge >= 0.3 is 0 Å². The number of nitrogens with one attached hydrogen (secondary N) is 1. The summed E-state index contributed by atoms with van der Waals surface area (Å²) in [5.74, 6) is 0.466. The van der Waals surface area contributed by atoms with Gasteiger partial charge in [0.25, 0.3) is 5.69 Å². The highest BCUT2D eigenvalue weighted by Crippen LogP contribution is 2.29. The van der Waals surface area contributed by atoms with Crippen LogP contribution >= 0.6 is 0 Å². The highest BCUT2D eigenvalue weighted by molar-refractivity contribution is 5.61. The molecule has 1 N–H and O–H groups in total. The average Bonchev–Trinajstić information content (AvgIpc) is 2.46. The molecule has 0 aliphatic rings. The zero-order valence-corrected chi connectivity index (χ0v) is 11.4. The van der Waals surface area contributed by atoms with Crippen LogP contribution in [-0.4, -0.2) is 12.0 Å². The van der Waals surface area contributed by atoms with Crippen molar-refractivity contribution in [3.8, 4) is 5.75 Å². The maximum atomic E-state index is 10.7. The Kier molecular flexibility index (Phi) is 4.20. The van der Waals surface area contributed by atoms with Crippen LogP contribution in [0.5, 0.6) is 5.75 Å².